The second kappa shape index (κ2) is 11.2. The molecular weight excluding hydrogens is 461 g/mol. The quantitative estimate of drug-likeness (QED) is 0.343. The van der Waals surface area contributed by atoms with Crippen molar-refractivity contribution in [2.24, 2.45) is 0 Å². The first-order valence-corrected chi connectivity index (χ1v) is 11.3. The van der Waals surface area contributed by atoms with Crippen molar-refractivity contribution < 1.29 is 18.7 Å². The van der Waals surface area contributed by atoms with E-state index in [4.69, 9.17) is 21.1 Å². The van der Waals surface area contributed by atoms with Crippen molar-refractivity contribution >= 4 is 45.6 Å². The summed E-state index contributed by atoms with van der Waals surface area (Å²) in [6.07, 6.45) is 3.36. The molecule has 10 heteroatoms. The van der Waals surface area contributed by atoms with Gasteiger partial charge in [-0.15, -0.1) is 0 Å². The Kier molecular flexibility index (Phi) is 7.89. The van der Waals surface area contributed by atoms with Crippen LogP contribution in [0.2, 0.25) is 5.02 Å². The van der Waals surface area contributed by atoms with E-state index in [0.29, 0.717) is 34.8 Å². The first kappa shape index (κ1) is 23.9. The van der Waals surface area contributed by atoms with Gasteiger partial charge in [-0.05, 0) is 30.7 Å². The summed E-state index contributed by atoms with van der Waals surface area (Å²) in [5, 5.41) is 6.29. The number of fused-ring (bicyclic) bond motifs is 1. The highest BCUT2D eigenvalue weighted by atomic mass is 35.5. The Balaban J connectivity index is 1.57. The molecule has 2 N–H and O–H groups in total. The molecule has 2 heterocycles. The van der Waals surface area contributed by atoms with Crippen LogP contribution in [0.1, 0.15) is 6.42 Å². The topological polar surface area (TPSA) is 88.6 Å². The van der Waals surface area contributed by atoms with Crippen LogP contribution in [0.3, 0.4) is 0 Å². The molecule has 0 unspecified atom stereocenters. The predicted molar refractivity (Wildman–Crippen MR) is 130 cm³/mol. The Morgan fingerprint density at radius 3 is 2.88 bits per heavy atom. The molecule has 178 valence electrons. The van der Waals surface area contributed by atoms with Gasteiger partial charge in [-0.3, -0.25) is 9.69 Å². The van der Waals surface area contributed by atoms with Crippen LogP contribution in [-0.4, -0.2) is 60.2 Å². The lowest BCUT2D eigenvalue weighted by Crippen LogP contribution is -2.37. The van der Waals surface area contributed by atoms with Gasteiger partial charge in [0.15, 0.2) is 5.82 Å². The van der Waals surface area contributed by atoms with E-state index in [1.54, 1.807) is 24.3 Å². The zero-order valence-corrected chi connectivity index (χ0v) is 19.3. The zero-order chi connectivity index (χ0) is 23.9. The summed E-state index contributed by atoms with van der Waals surface area (Å²) in [7, 11) is 0. The fourth-order valence-electron chi connectivity index (χ4n) is 3.61. The highest BCUT2D eigenvalue weighted by Crippen LogP contribution is 2.34. The molecule has 0 aliphatic carbocycles. The molecule has 1 fully saturated rings. The summed E-state index contributed by atoms with van der Waals surface area (Å²) in [5.41, 5.74) is 1.18. The molecule has 3 aromatic rings. The Hall–Kier alpha value is -3.27. The summed E-state index contributed by atoms with van der Waals surface area (Å²) in [5.74, 6) is -0.136. The fraction of sp³-hybridized carbons (Fsp3) is 0.292. The fourth-order valence-corrected chi connectivity index (χ4v) is 3.78. The smallest absolute Gasteiger partial charge is 0.247 e. The second-order valence-corrected chi connectivity index (χ2v) is 8.07. The largest absolute Gasteiger partial charge is 0.491 e. The monoisotopic (exact) mass is 485 g/mol. The maximum absolute atomic E-state index is 14.4. The molecule has 34 heavy (non-hydrogen) atoms. The molecule has 4 rings (SSSR count). The number of aromatic nitrogens is 2. The molecule has 8 nitrogen and oxygen atoms in total. The number of nitrogens with zero attached hydrogens (tertiary/aromatic N) is 3. The van der Waals surface area contributed by atoms with Crippen molar-refractivity contribution in [2.75, 3.05) is 50.1 Å². The summed E-state index contributed by atoms with van der Waals surface area (Å²) in [6.45, 7) is 8.19. The van der Waals surface area contributed by atoms with Crippen LogP contribution in [0.5, 0.6) is 5.75 Å². The van der Waals surface area contributed by atoms with Crippen LogP contribution in [-0.2, 0) is 9.53 Å². The van der Waals surface area contributed by atoms with E-state index in [0.717, 1.165) is 39.3 Å². The van der Waals surface area contributed by atoms with Gasteiger partial charge in [-0.1, -0.05) is 24.2 Å². The number of benzene rings is 2. The van der Waals surface area contributed by atoms with Gasteiger partial charge >= 0.3 is 0 Å². The Morgan fingerprint density at radius 2 is 2.09 bits per heavy atom. The maximum atomic E-state index is 14.4. The number of carbonyl (C=O) groups excluding carboxylic acids is 1. The Morgan fingerprint density at radius 1 is 1.26 bits per heavy atom. The van der Waals surface area contributed by atoms with E-state index >= 15 is 0 Å². The number of morpholine rings is 1. The van der Waals surface area contributed by atoms with E-state index in [2.05, 4.69) is 32.1 Å². The first-order valence-electron chi connectivity index (χ1n) is 10.9. The number of nitrogens with one attached hydrogen (secondary N) is 2. The number of hydrogen-bond donors (Lipinski definition) is 2. The number of carbonyl (C=O) groups is 1. The average molecular weight is 486 g/mol. The van der Waals surface area contributed by atoms with Gasteiger partial charge in [-0.25, -0.2) is 14.4 Å². The van der Waals surface area contributed by atoms with E-state index in [1.165, 1.54) is 18.5 Å². The molecule has 1 amide bonds. The van der Waals surface area contributed by atoms with E-state index in [-0.39, 0.29) is 16.6 Å². The number of rotatable bonds is 9. The number of hydrogen-bond acceptors (Lipinski definition) is 7. The molecule has 1 aliphatic rings. The number of amides is 1. The van der Waals surface area contributed by atoms with Crippen LogP contribution in [0.4, 0.5) is 21.6 Å². The molecule has 0 spiro atoms. The Labute approximate surface area is 201 Å². The van der Waals surface area contributed by atoms with Gasteiger partial charge in [0.25, 0.3) is 0 Å². The van der Waals surface area contributed by atoms with Gasteiger partial charge in [0.2, 0.25) is 5.91 Å². The molecular formula is C24H25ClFN5O3. The molecule has 0 bridgehead atoms. The molecule has 1 aliphatic heterocycles. The highest BCUT2D eigenvalue weighted by molar-refractivity contribution is 6.31. The maximum Gasteiger partial charge on any atom is 0.247 e. The predicted octanol–water partition coefficient (Wildman–Crippen LogP) is 4.39. The summed E-state index contributed by atoms with van der Waals surface area (Å²) < 4.78 is 25.8. The van der Waals surface area contributed by atoms with Crippen molar-refractivity contribution in [2.45, 2.75) is 6.42 Å². The van der Waals surface area contributed by atoms with Gasteiger partial charge < -0.3 is 20.1 Å². The molecule has 1 aromatic heterocycles. The molecule has 1 saturated heterocycles. The third kappa shape index (κ3) is 5.80. The minimum atomic E-state index is -0.587. The van der Waals surface area contributed by atoms with Crippen molar-refractivity contribution in [1.82, 2.24) is 14.9 Å². The van der Waals surface area contributed by atoms with Crippen molar-refractivity contribution in [3.63, 3.8) is 0 Å². The summed E-state index contributed by atoms with van der Waals surface area (Å²) in [6, 6.07) is 8.08. The molecule has 0 atom stereocenters. The van der Waals surface area contributed by atoms with E-state index in [9.17, 15) is 9.18 Å². The normalized spacial score (nSPS) is 14.1. The standard InChI is InChI=1S/C24H25ClFN5O3/c1-2-22(32)29-20-13-16-19(14-21(20)34-10-4-7-31-8-11-33-12-9-31)27-15-28-24(16)30-18-6-3-5-17(25)23(18)26/h2-3,5-6,13-15H,1,4,7-12H2,(H,29,32)(H,27,28,30). The summed E-state index contributed by atoms with van der Waals surface area (Å²) in [4.78, 5) is 22.9. The molecule has 0 saturated carbocycles. The number of ether oxygens (including phenoxy) is 2. The van der Waals surface area contributed by atoms with Crippen molar-refractivity contribution in [3.05, 3.63) is 60.2 Å². The third-order valence-electron chi connectivity index (χ3n) is 5.36. The van der Waals surface area contributed by atoms with Gasteiger partial charge in [0, 0.05) is 31.1 Å². The highest BCUT2D eigenvalue weighted by Gasteiger charge is 2.15. The lowest BCUT2D eigenvalue weighted by atomic mass is 10.1. The first-order chi connectivity index (χ1) is 16.5. The SMILES string of the molecule is C=CC(=O)Nc1cc2c(Nc3cccc(Cl)c3F)ncnc2cc1OCCCN1CCOCC1. The minimum Gasteiger partial charge on any atom is -0.491 e. The van der Waals surface area contributed by atoms with Crippen molar-refractivity contribution in [1.29, 1.82) is 0 Å². The molecule has 0 radical (unpaired) electrons. The van der Waals surface area contributed by atoms with Crippen molar-refractivity contribution in [3.8, 4) is 5.75 Å². The Bertz CT molecular complexity index is 1190. The van der Waals surface area contributed by atoms with Crippen LogP contribution in [0, 0.1) is 5.82 Å². The third-order valence-corrected chi connectivity index (χ3v) is 5.66. The lowest BCUT2D eigenvalue weighted by molar-refractivity contribution is -0.111. The zero-order valence-electron chi connectivity index (χ0n) is 18.5. The lowest BCUT2D eigenvalue weighted by Gasteiger charge is -2.26. The van der Waals surface area contributed by atoms with Gasteiger partial charge in [0.1, 0.15) is 17.9 Å². The number of anilines is 3. The van der Waals surface area contributed by atoms with Crippen LogP contribution < -0.4 is 15.4 Å². The minimum absolute atomic E-state index is 0.00457. The average Bonchev–Trinajstić information content (AvgIpc) is 2.85. The van der Waals surface area contributed by atoms with E-state index < -0.39 is 5.82 Å². The number of halogens is 2. The molecule has 2 aromatic carbocycles. The van der Waals surface area contributed by atoms with Crippen LogP contribution in [0.25, 0.3) is 10.9 Å². The van der Waals surface area contributed by atoms with Crippen LogP contribution >= 0.6 is 11.6 Å². The summed E-state index contributed by atoms with van der Waals surface area (Å²) >= 11 is 5.90. The van der Waals surface area contributed by atoms with Crippen LogP contribution in [0.15, 0.2) is 49.3 Å². The second-order valence-electron chi connectivity index (χ2n) is 7.66. The van der Waals surface area contributed by atoms with Gasteiger partial charge in [0.05, 0.1) is 41.7 Å². The van der Waals surface area contributed by atoms with E-state index in [1.807, 2.05) is 0 Å². The van der Waals surface area contributed by atoms with Gasteiger partial charge in [-0.2, -0.15) is 0 Å².